The summed E-state index contributed by atoms with van der Waals surface area (Å²) < 4.78 is 5.32. The van der Waals surface area contributed by atoms with E-state index in [1.165, 1.54) is 12.8 Å². The molecule has 3 nitrogen and oxygen atoms in total. The van der Waals surface area contributed by atoms with E-state index in [-0.39, 0.29) is 11.0 Å². The van der Waals surface area contributed by atoms with Gasteiger partial charge in [-0.05, 0) is 39.7 Å². The van der Waals surface area contributed by atoms with E-state index in [1.54, 1.807) is 7.11 Å². The van der Waals surface area contributed by atoms with Gasteiger partial charge >= 0.3 is 0 Å². The first kappa shape index (κ1) is 12.0. The Labute approximate surface area is 86.8 Å². The highest BCUT2D eigenvalue weighted by Gasteiger charge is 2.41. The normalized spacial score (nSPS) is 19.7. The molecule has 1 saturated carbocycles. The van der Waals surface area contributed by atoms with Gasteiger partial charge in [-0.2, -0.15) is 0 Å². The quantitative estimate of drug-likeness (QED) is 0.607. The first-order valence-corrected chi connectivity index (χ1v) is 5.40. The molecule has 0 aromatic rings. The minimum absolute atomic E-state index is 0.0388. The average molecular weight is 201 g/mol. The number of methoxy groups -OCH3 is 1. The molecule has 0 unspecified atom stereocenters. The largest absolute Gasteiger partial charge is 0.396 e. The number of nitrogens with one attached hydrogen (secondary N) is 1. The molecule has 1 fully saturated rings. The minimum atomic E-state index is -0.0388. The highest BCUT2D eigenvalue weighted by atomic mass is 16.5. The van der Waals surface area contributed by atoms with E-state index in [0.29, 0.717) is 6.61 Å². The van der Waals surface area contributed by atoms with E-state index in [0.717, 1.165) is 19.5 Å². The monoisotopic (exact) mass is 201 g/mol. The number of aliphatic hydroxyl groups is 1. The molecule has 0 atom stereocenters. The molecule has 0 aromatic heterocycles. The SMILES string of the molecule is COC(C)(C)CCNCC1(CO)CC1. The third kappa shape index (κ3) is 3.56. The van der Waals surface area contributed by atoms with Crippen LogP contribution in [0.5, 0.6) is 0 Å². The van der Waals surface area contributed by atoms with E-state index < -0.39 is 0 Å². The molecule has 3 heteroatoms. The number of aliphatic hydroxyl groups excluding tert-OH is 1. The van der Waals surface area contributed by atoms with Gasteiger partial charge in [0.05, 0.1) is 5.60 Å². The number of ether oxygens (including phenoxy) is 1. The zero-order valence-corrected chi connectivity index (χ0v) is 9.60. The molecule has 0 aliphatic heterocycles. The van der Waals surface area contributed by atoms with Gasteiger partial charge in [0.1, 0.15) is 0 Å². The Hall–Kier alpha value is -0.120. The van der Waals surface area contributed by atoms with Gasteiger partial charge in [0.15, 0.2) is 0 Å². The molecule has 0 saturated heterocycles. The van der Waals surface area contributed by atoms with Crippen molar-refractivity contribution in [2.45, 2.75) is 38.7 Å². The van der Waals surface area contributed by atoms with Crippen LogP contribution in [0.3, 0.4) is 0 Å². The Bertz CT molecular complexity index is 168. The summed E-state index contributed by atoms with van der Waals surface area (Å²) in [4.78, 5) is 0. The Kier molecular flexibility index (Phi) is 3.93. The summed E-state index contributed by atoms with van der Waals surface area (Å²) in [5.74, 6) is 0. The fourth-order valence-electron chi connectivity index (χ4n) is 1.41. The van der Waals surface area contributed by atoms with Crippen LogP contribution >= 0.6 is 0 Å². The van der Waals surface area contributed by atoms with Crippen molar-refractivity contribution < 1.29 is 9.84 Å². The average Bonchev–Trinajstić information content (AvgIpc) is 2.94. The van der Waals surface area contributed by atoms with Gasteiger partial charge in [-0.1, -0.05) is 0 Å². The molecular weight excluding hydrogens is 178 g/mol. The summed E-state index contributed by atoms with van der Waals surface area (Å²) in [7, 11) is 1.75. The summed E-state index contributed by atoms with van der Waals surface area (Å²) in [6.07, 6.45) is 3.35. The molecule has 0 amide bonds. The molecule has 84 valence electrons. The molecule has 1 rings (SSSR count). The lowest BCUT2D eigenvalue weighted by molar-refractivity contribution is 0.0155. The van der Waals surface area contributed by atoms with E-state index in [9.17, 15) is 0 Å². The van der Waals surface area contributed by atoms with Crippen molar-refractivity contribution in [3.05, 3.63) is 0 Å². The summed E-state index contributed by atoms with van der Waals surface area (Å²) in [5.41, 5.74) is 0.181. The molecule has 14 heavy (non-hydrogen) atoms. The van der Waals surface area contributed by atoms with E-state index in [1.807, 2.05) is 0 Å². The fraction of sp³-hybridized carbons (Fsp3) is 1.00. The van der Waals surface area contributed by atoms with Crippen LogP contribution in [0, 0.1) is 5.41 Å². The lowest BCUT2D eigenvalue weighted by Gasteiger charge is -2.23. The predicted molar refractivity (Wildman–Crippen MR) is 57.3 cm³/mol. The van der Waals surface area contributed by atoms with Gasteiger partial charge in [0, 0.05) is 25.7 Å². The van der Waals surface area contributed by atoms with Crippen LogP contribution in [-0.2, 0) is 4.74 Å². The van der Waals surface area contributed by atoms with Gasteiger partial charge in [-0.15, -0.1) is 0 Å². The van der Waals surface area contributed by atoms with Crippen molar-refractivity contribution in [1.29, 1.82) is 0 Å². The van der Waals surface area contributed by atoms with Crippen molar-refractivity contribution >= 4 is 0 Å². The van der Waals surface area contributed by atoms with Crippen LogP contribution in [0.1, 0.15) is 33.1 Å². The van der Waals surface area contributed by atoms with Crippen LogP contribution in [0.25, 0.3) is 0 Å². The van der Waals surface area contributed by atoms with Crippen LogP contribution in [0.15, 0.2) is 0 Å². The van der Waals surface area contributed by atoms with Crippen LogP contribution in [0.2, 0.25) is 0 Å². The highest BCUT2D eigenvalue weighted by Crippen LogP contribution is 2.44. The summed E-state index contributed by atoms with van der Waals surface area (Å²) in [6, 6.07) is 0. The smallest absolute Gasteiger partial charge is 0.0634 e. The molecular formula is C11H23NO2. The Balaban J connectivity index is 2.05. The molecule has 1 aliphatic carbocycles. The maximum atomic E-state index is 9.10. The van der Waals surface area contributed by atoms with Gasteiger partial charge in [-0.25, -0.2) is 0 Å². The van der Waals surface area contributed by atoms with Gasteiger partial charge in [0.2, 0.25) is 0 Å². The molecule has 0 radical (unpaired) electrons. The topological polar surface area (TPSA) is 41.5 Å². The molecule has 0 heterocycles. The predicted octanol–water partition coefficient (Wildman–Crippen LogP) is 1.16. The summed E-state index contributed by atoms with van der Waals surface area (Å²) in [5, 5.41) is 12.5. The Morgan fingerprint density at radius 3 is 2.50 bits per heavy atom. The Morgan fingerprint density at radius 2 is 2.07 bits per heavy atom. The summed E-state index contributed by atoms with van der Waals surface area (Å²) >= 11 is 0. The fourth-order valence-corrected chi connectivity index (χ4v) is 1.41. The Morgan fingerprint density at radius 1 is 1.43 bits per heavy atom. The van der Waals surface area contributed by atoms with Gasteiger partial charge in [0.25, 0.3) is 0 Å². The highest BCUT2D eigenvalue weighted by molar-refractivity contribution is 4.94. The van der Waals surface area contributed by atoms with E-state index in [4.69, 9.17) is 9.84 Å². The summed E-state index contributed by atoms with van der Waals surface area (Å²) in [6.45, 7) is 6.42. The van der Waals surface area contributed by atoms with Crippen molar-refractivity contribution in [2.24, 2.45) is 5.41 Å². The second-order valence-corrected chi connectivity index (χ2v) is 5.05. The lowest BCUT2D eigenvalue weighted by atomic mass is 10.0. The van der Waals surface area contributed by atoms with Gasteiger partial charge in [-0.3, -0.25) is 0 Å². The second kappa shape index (κ2) is 4.60. The maximum Gasteiger partial charge on any atom is 0.0634 e. The molecule has 0 bridgehead atoms. The minimum Gasteiger partial charge on any atom is -0.396 e. The first-order chi connectivity index (χ1) is 6.54. The molecule has 1 aliphatic rings. The van der Waals surface area contributed by atoms with Crippen molar-refractivity contribution in [2.75, 3.05) is 26.8 Å². The van der Waals surface area contributed by atoms with E-state index in [2.05, 4.69) is 19.2 Å². The van der Waals surface area contributed by atoms with Crippen LogP contribution < -0.4 is 5.32 Å². The number of hydrogen-bond donors (Lipinski definition) is 2. The number of rotatable bonds is 7. The zero-order chi connectivity index (χ0) is 10.7. The molecule has 0 aromatic carbocycles. The number of hydrogen-bond acceptors (Lipinski definition) is 3. The van der Waals surface area contributed by atoms with Crippen LogP contribution in [0.4, 0.5) is 0 Å². The third-order valence-electron chi connectivity index (χ3n) is 3.25. The van der Waals surface area contributed by atoms with Crippen LogP contribution in [-0.4, -0.2) is 37.5 Å². The maximum absolute atomic E-state index is 9.10. The van der Waals surface area contributed by atoms with E-state index >= 15 is 0 Å². The zero-order valence-electron chi connectivity index (χ0n) is 9.60. The second-order valence-electron chi connectivity index (χ2n) is 5.05. The van der Waals surface area contributed by atoms with Crippen molar-refractivity contribution in [1.82, 2.24) is 5.32 Å². The van der Waals surface area contributed by atoms with Gasteiger partial charge < -0.3 is 15.2 Å². The first-order valence-electron chi connectivity index (χ1n) is 5.40. The molecule has 2 N–H and O–H groups in total. The standard InChI is InChI=1S/C11H23NO2/c1-10(2,14-3)6-7-12-8-11(9-13)4-5-11/h12-13H,4-9H2,1-3H3. The van der Waals surface area contributed by atoms with Crippen molar-refractivity contribution in [3.63, 3.8) is 0 Å². The third-order valence-corrected chi connectivity index (χ3v) is 3.25. The van der Waals surface area contributed by atoms with Crippen molar-refractivity contribution in [3.8, 4) is 0 Å². The molecule has 0 spiro atoms. The lowest BCUT2D eigenvalue weighted by Crippen LogP contribution is -2.32.